The fourth-order valence-corrected chi connectivity index (χ4v) is 5.32. The largest absolute Gasteiger partial charge is 0.444 e. The van der Waals surface area contributed by atoms with Crippen LogP contribution in [-0.2, 0) is 15.8 Å². The number of ether oxygens (including phenoxy) is 1. The summed E-state index contributed by atoms with van der Waals surface area (Å²) >= 11 is 0. The lowest BCUT2D eigenvalue weighted by molar-refractivity contribution is 0.0237. The van der Waals surface area contributed by atoms with Gasteiger partial charge in [-0.1, -0.05) is 26.8 Å². The van der Waals surface area contributed by atoms with E-state index >= 15 is 0 Å². The number of likely N-dealkylation sites (tertiary alicyclic amines) is 1. The summed E-state index contributed by atoms with van der Waals surface area (Å²) in [5, 5.41) is 3.84. The topological polar surface area (TPSA) is 76.8 Å². The summed E-state index contributed by atoms with van der Waals surface area (Å²) in [7, 11) is -1.79. The van der Waals surface area contributed by atoms with Gasteiger partial charge in [-0.3, -0.25) is 0 Å². The zero-order valence-corrected chi connectivity index (χ0v) is 22.3. The van der Waals surface area contributed by atoms with E-state index in [0.717, 1.165) is 49.3 Å². The summed E-state index contributed by atoms with van der Waals surface area (Å²) in [4.78, 5) is 14.3. The molecule has 3 N–H and O–H groups in total. The highest BCUT2D eigenvalue weighted by Crippen LogP contribution is 2.49. The second kappa shape index (κ2) is 8.56. The Hall–Kier alpha value is -1.73. The molecule has 0 radical (unpaired) electrons. The average Bonchev–Trinajstić information content (AvgIpc) is 3.05. The molecule has 1 spiro atoms. The molecule has 1 aromatic rings. The Morgan fingerprint density at radius 2 is 1.88 bits per heavy atom. The van der Waals surface area contributed by atoms with Gasteiger partial charge in [-0.15, -0.1) is 0 Å². The van der Waals surface area contributed by atoms with Gasteiger partial charge in [0.05, 0.1) is 18.0 Å². The molecule has 1 aromatic carbocycles. The zero-order valence-electron chi connectivity index (χ0n) is 21.3. The monoisotopic (exact) mass is 461 g/mol. The fourth-order valence-electron chi connectivity index (χ4n) is 4.36. The second-order valence-electron chi connectivity index (χ2n) is 12.4. The smallest absolute Gasteiger partial charge is 0.410 e. The van der Waals surface area contributed by atoms with Crippen LogP contribution in [-0.4, -0.2) is 44.0 Å². The lowest BCUT2D eigenvalue weighted by atomic mass is 9.65. The first kappa shape index (κ1) is 24.9. The van der Waals surface area contributed by atoms with E-state index in [1.807, 2.05) is 31.7 Å². The minimum Gasteiger partial charge on any atom is -0.444 e. The molecule has 6 nitrogen and oxygen atoms in total. The van der Waals surface area contributed by atoms with Gasteiger partial charge in [-0.05, 0) is 81.3 Å². The van der Waals surface area contributed by atoms with Gasteiger partial charge < -0.3 is 25.1 Å². The van der Waals surface area contributed by atoms with Crippen molar-refractivity contribution in [2.45, 2.75) is 97.2 Å². The Bertz CT molecular complexity index is 836. The second-order valence-corrected chi connectivity index (χ2v) is 17.2. The van der Waals surface area contributed by atoms with Crippen LogP contribution in [0.15, 0.2) is 18.2 Å². The van der Waals surface area contributed by atoms with Crippen molar-refractivity contribution in [3.05, 3.63) is 23.8 Å². The summed E-state index contributed by atoms with van der Waals surface area (Å²) in [6, 6.07) is 6.55. The van der Waals surface area contributed by atoms with Crippen molar-refractivity contribution in [2.24, 2.45) is 5.41 Å². The number of nitrogens with zero attached hydrogens (tertiary/aromatic N) is 1. The van der Waals surface area contributed by atoms with Crippen LogP contribution in [0, 0.1) is 5.41 Å². The Labute approximate surface area is 195 Å². The summed E-state index contributed by atoms with van der Waals surface area (Å²) in [5.74, 6) is 0. The van der Waals surface area contributed by atoms with E-state index in [9.17, 15) is 4.79 Å². The minimum absolute atomic E-state index is 0.190. The first-order valence-corrected chi connectivity index (χ1v) is 14.8. The normalized spacial score (nSPS) is 23.9. The van der Waals surface area contributed by atoms with Crippen LogP contribution in [0.25, 0.3) is 0 Å². The van der Waals surface area contributed by atoms with E-state index in [1.54, 1.807) is 0 Å². The number of rotatable bonds is 5. The molecule has 0 bridgehead atoms. The van der Waals surface area contributed by atoms with E-state index in [-0.39, 0.29) is 16.5 Å². The highest BCUT2D eigenvalue weighted by molar-refractivity contribution is 6.74. The Balaban J connectivity index is 1.54. The Morgan fingerprint density at radius 1 is 1.22 bits per heavy atom. The number of nitrogens with two attached hydrogens (primary N) is 1. The van der Waals surface area contributed by atoms with Gasteiger partial charge in [0.1, 0.15) is 5.60 Å². The van der Waals surface area contributed by atoms with Crippen molar-refractivity contribution in [2.75, 3.05) is 24.1 Å². The number of hydrogen-bond acceptors (Lipinski definition) is 5. The molecule has 3 rings (SSSR count). The highest BCUT2D eigenvalue weighted by atomic mass is 28.4. The molecule has 0 unspecified atom stereocenters. The van der Waals surface area contributed by atoms with E-state index < -0.39 is 13.9 Å². The predicted octanol–water partition coefficient (Wildman–Crippen LogP) is 5.99. The van der Waals surface area contributed by atoms with Crippen LogP contribution in [0.3, 0.4) is 0 Å². The average molecular weight is 462 g/mol. The van der Waals surface area contributed by atoms with Crippen molar-refractivity contribution in [3.8, 4) is 0 Å². The molecule has 1 saturated carbocycles. The number of benzene rings is 1. The molecule has 0 aromatic heterocycles. The Kier molecular flexibility index (Phi) is 6.66. The molecule has 32 heavy (non-hydrogen) atoms. The van der Waals surface area contributed by atoms with E-state index in [0.29, 0.717) is 12.6 Å². The highest BCUT2D eigenvalue weighted by Gasteiger charge is 2.50. The van der Waals surface area contributed by atoms with Crippen molar-refractivity contribution < 1.29 is 14.0 Å². The third-order valence-corrected chi connectivity index (χ3v) is 11.8. The van der Waals surface area contributed by atoms with Gasteiger partial charge in [0.15, 0.2) is 8.32 Å². The molecule has 1 aliphatic carbocycles. The number of anilines is 2. The molecule has 2 fully saturated rings. The molecular weight excluding hydrogens is 418 g/mol. The number of hydrogen-bond donors (Lipinski definition) is 2. The first-order valence-electron chi connectivity index (χ1n) is 11.9. The van der Waals surface area contributed by atoms with E-state index in [2.05, 4.69) is 51.3 Å². The Morgan fingerprint density at radius 3 is 2.47 bits per heavy atom. The summed E-state index contributed by atoms with van der Waals surface area (Å²) in [6.07, 6.45) is 2.96. The molecule has 7 heteroatoms. The maximum Gasteiger partial charge on any atom is 0.410 e. The molecule has 1 heterocycles. The maximum atomic E-state index is 12.4. The van der Waals surface area contributed by atoms with E-state index in [1.165, 1.54) is 0 Å². The van der Waals surface area contributed by atoms with E-state index in [4.69, 9.17) is 14.9 Å². The zero-order chi connectivity index (χ0) is 23.9. The van der Waals surface area contributed by atoms with Gasteiger partial charge in [-0.25, -0.2) is 4.79 Å². The van der Waals surface area contributed by atoms with Crippen LogP contribution >= 0.6 is 0 Å². The maximum absolute atomic E-state index is 12.4. The molecule has 180 valence electrons. The minimum atomic E-state index is -1.79. The molecule has 1 saturated heterocycles. The molecule has 2 aliphatic rings. The van der Waals surface area contributed by atoms with Crippen LogP contribution in [0.5, 0.6) is 0 Å². The summed E-state index contributed by atoms with van der Waals surface area (Å²) in [6.45, 7) is 19.3. The van der Waals surface area contributed by atoms with Crippen molar-refractivity contribution in [1.82, 2.24) is 4.90 Å². The van der Waals surface area contributed by atoms with Gasteiger partial charge in [0.25, 0.3) is 0 Å². The van der Waals surface area contributed by atoms with Gasteiger partial charge in [0.2, 0.25) is 0 Å². The number of nitrogen functional groups attached to an aromatic ring is 1. The summed E-state index contributed by atoms with van der Waals surface area (Å²) in [5.41, 5.74) is 8.94. The lowest BCUT2D eigenvalue weighted by Crippen LogP contribution is -2.47. The lowest BCUT2D eigenvalue weighted by Gasteiger charge is -2.46. The standard InChI is InChI=1S/C25H43N3O3Si/c1-23(2,3)31-22(29)28-12-11-25(17-28)14-19(15-25)27-21-13-18(9-10-20(21)26)16-30-32(7,8)24(4,5)6/h9-10,13,19,27H,11-12,14-17,26H2,1-8H3/t19-,25-. The van der Waals surface area contributed by atoms with Crippen molar-refractivity contribution in [1.29, 1.82) is 0 Å². The van der Waals surface area contributed by atoms with Crippen molar-refractivity contribution >= 4 is 25.8 Å². The fraction of sp³-hybridized carbons (Fsp3) is 0.720. The van der Waals surface area contributed by atoms with Crippen LogP contribution < -0.4 is 11.1 Å². The number of carbonyl (C=O) groups excluding carboxylic acids is 1. The third kappa shape index (κ3) is 5.79. The SMILES string of the molecule is CC(C)(C)OC(=O)N1CC[C@]2(C1)C[C@H](Nc1cc(CO[Si](C)(C)C(C)(C)C)ccc1N)C2. The van der Waals surface area contributed by atoms with Gasteiger partial charge in [0, 0.05) is 19.1 Å². The van der Waals surface area contributed by atoms with Gasteiger partial charge >= 0.3 is 6.09 Å². The summed E-state index contributed by atoms with van der Waals surface area (Å²) < 4.78 is 11.9. The molecule has 1 amide bonds. The quantitative estimate of drug-likeness (QED) is 0.416. The predicted molar refractivity (Wildman–Crippen MR) is 134 cm³/mol. The van der Waals surface area contributed by atoms with Crippen molar-refractivity contribution in [3.63, 3.8) is 0 Å². The van der Waals surface area contributed by atoms with Gasteiger partial charge in [-0.2, -0.15) is 0 Å². The van der Waals surface area contributed by atoms with Crippen LogP contribution in [0.1, 0.15) is 66.4 Å². The van der Waals surface area contributed by atoms with Crippen LogP contribution in [0.4, 0.5) is 16.2 Å². The number of nitrogens with one attached hydrogen (secondary N) is 1. The first-order chi connectivity index (χ1) is 14.6. The number of carbonyl (C=O) groups is 1. The molecule has 1 aliphatic heterocycles. The van der Waals surface area contributed by atoms with Crippen LogP contribution in [0.2, 0.25) is 18.1 Å². The molecular formula is C25H43N3O3Si. The molecule has 0 atom stereocenters. The third-order valence-electron chi connectivity index (χ3n) is 7.33. The number of amides is 1.